The molecule has 0 aliphatic carbocycles. The SMILES string of the molecule is COC(C)(C)CCOc1cc([B-](F)(F)F)ccc1F.[K+]. The predicted molar refractivity (Wildman–Crippen MR) is 66.3 cm³/mol. The zero-order valence-electron chi connectivity index (χ0n) is 12.1. The van der Waals surface area contributed by atoms with E-state index < -0.39 is 23.9 Å². The van der Waals surface area contributed by atoms with Crippen LogP contribution < -0.4 is 61.6 Å². The van der Waals surface area contributed by atoms with E-state index in [4.69, 9.17) is 9.47 Å². The average molecular weight is 318 g/mol. The Hall–Kier alpha value is 0.401. The van der Waals surface area contributed by atoms with Crippen molar-refractivity contribution in [1.29, 1.82) is 0 Å². The summed E-state index contributed by atoms with van der Waals surface area (Å²) in [7, 11) is 1.52. The minimum atomic E-state index is -5.16. The number of methoxy groups -OCH3 is 1. The molecule has 0 radical (unpaired) electrons. The van der Waals surface area contributed by atoms with Crippen molar-refractivity contribution in [3.63, 3.8) is 0 Å². The minimum absolute atomic E-state index is 0. The first-order chi connectivity index (χ1) is 8.65. The molecule has 0 fully saturated rings. The molecule has 2 nitrogen and oxygen atoms in total. The van der Waals surface area contributed by atoms with Gasteiger partial charge >= 0.3 is 58.4 Å². The van der Waals surface area contributed by atoms with Gasteiger partial charge in [0.15, 0.2) is 11.6 Å². The van der Waals surface area contributed by atoms with Crippen LogP contribution in [0.3, 0.4) is 0 Å². The fourth-order valence-corrected chi connectivity index (χ4v) is 1.34. The molecule has 0 aliphatic rings. The fraction of sp³-hybridized carbons (Fsp3) is 0.500. The quantitative estimate of drug-likeness (QED) is 0.546. The average Bonchev–Trinajstić information content (AvgIpc) is 2.30. The molecule has 108 valence electrons. The number of ether oxygens (including phenoxy) is 2. The number of hydrogen-bond donors (Lipinski definition) is 0. The number of rotatable bonds is 6. The van der Waals surface area contributed by atoms with Crippen LogP contribution >= 0.6 is 0 Å². The molecular weight excluding hydrogens is 302 g/mol. The summed E-state index contributed by atoms with van der Waals surface area (Å²) in [5, 5.41) is 0. The van der Waals surface area contributed by atoms with Crippen molar-refractivity contribution in [3.05, 3.63) is 24.0 Å². The van der Waals surface area contributed by atoms with Gasteiger partial charge in [-0.1, -0.05) is 6.07 Å². The van der Waals surface area contributed by atoms with E-state index in [0.717, 1.165) is 6.07 Å². The molecular formula is C12H16BF4KO2. The summed E-state index contributed by atoms with van der Waals surface area (Å²) in [5.74, 6) is -1.19. The van der Waals surface area contributed by atoms with Crippen molar-refractivity contribution >= 4 is 12.4 Å². The van der Waals surface area contributed by atoms with Crippen LogP contribution in [0.1, 0.15) is 20.3 Å². The second kappa shape index (κ2) is 8.14. The zero-order chi connectivity index (χ0) is 14.7. The molecule has 1 rings (SSSR count). The van der Waals surface area contributed by atoms with Crippen molar-refractivity contribution in [1.82, 2.24) is 0 Å². The molecule has 0 amide bonds. The van der Waals surface area contributed by atoms with E-state index in [1.165, 1.54) is 7.11 Å². The van der Waals surface area contributed by atoms with Gasteiger partial charge in [0, 0.05) is 13.5 Å². The predicted octanol–water partition coefficient (Wildman–Crippen LogP) is 0.0780. The van der Waals surface area contributed by atoms with E-state index in [9.17, 15) is 17.3 Å². The maximum absolute atomic E-state index is 13.3. The molecule has 0 heterocycles. The fourth-order valence-electron chi connectivity index (χ4n) is 1.34. The van der Waals surface area contributed by atoms with Crippen LogP contribution in [-0.4, -0.2) is 26.3 Å². The van der Waals surface area contributed by atoms with E-state index in [1.54, 1.807) is 0 Å². The first-order valence-corrected chi connectivity index (χ1v) is 5.83. The topological polar surface area (TPSA) is 18.5 Å². The Morgan fingerprint density at radius 1 is 1.20 bits per heavy atom. The molecule has 0 unspecified atom stereocenters. The van der Waals surface area contributed by atoms with Crippen molar-refractivity contribution in [2.75, 3.05) is 13.7 Å². The van der Waals surface area contributed by atoms with E-state index in [-0.39, 0.29) is 63.7 Å². The van der Waals surface area contributed by atoms with Crippen LogP contribution in [0.4, 0.5) is 17.3 Å². The molecule has 1 aromatic carbocycles. The summed E-state index contributed by atoms with van der Waals surface area (Å²) in [5.41, 5.74) is -1.34. The summed E-state index contributed by atoms with van der Waals surface area (Å²) >= 11 is 0. The van der Waals surface area contributed by atoms with Gasteiger partial charge in [-0.3, -0.25) is 0 Å². The van der Waals surface area contributed by atoms with Gasteiger partial charge in [0.25, 0.3) is 0 Å². The first-order valence-electron chi connectivity index (χ1n) is 5.83. The van der Waals surface area contributed by atoms with Crippen molar-refractivity contribution in [2.24, 2.45) is 0 Å². The molecule has 0 saturated heterocycles. The summed E-state index contributed by atoms with van der Waals surface area (Å²) in [4.78, 5) is 0. The van der Waals surface area contributed by atoms with Gasteiger partial charge in [-0.2, -0.15) is 0 Å². The summed E-state index contributed by atoms with van der Waals surface area (Å²) in [6, 6.07) is 2.16. The molecule has 0 spiro atoms. The van der Waals surface area contributed by atoms with E-state index in [0.29, 0.717) is 18.6 Å². The Labute approximate surface area is 158 Å². The standard InChI is InChI=1S/C12H16BF4O2.K/c1-12(2,18-3)6-7-19-11-8-9(13(15,16)17)4-5-10(11)14;/h4-5,8H,6-7H2,1-3H3;/q-1;+1. The van der Waals surface area contributed by atoms with Crippen LogP contribution in [0.2, 0.25) is 0 Å². The Bertz CT molecular complexity index is 438. The van der Waals surface area contributed by atoms with Gasteiger partial charge in [-0.05, 0) is 26.0 Å². The second-order valence-corrected chi connectivity index (χ2v) is 4.83. The van der Waals surface area contributed by atoms with Gasteiger partial charge in [0.2, 0.25) is 0 Å². The first kappa shape index (κ1) is 20.4. The summed E-state index contributed by atoms with van der Waals surface area (Å²) < 4.78 is 61.1. The van der Waals surface area contributed by atoms with E-state index in [1.807, 2.05) is 13.8 Å². The van der Waals surface area contributed by atoms with Crippen molar-refractivity contribution in [3.8, 4) is 5.75 Å². The maximum atomic E-state index is 13.3. The Kier molecular flexibility index (Phi) is 8.31. The van der Waals surface area contributed by atoms with E-state index >= 15 is 0 Å². The maximum Gasteiger partial charge on any atom is 1.00 e. The van der Waals surface area contributed by atoms with Gasteiger partial charge in [-0.25, -0.2) is 4.39 Å². The van der Waals surface area contributed by atoms with Crippen molar-refractivity contribution in [2.45, 2.75) is 25.9 Å². The molecule has 0 atom stereocenters. The Morgan fingerprint density at radius 3 is 2.30 bits per heavy atom. The molecule has 0 saturated carbocycles. The third-order valence-electron chi connectivity index (χ3n) is 2.85. The van der Waals surface area contributed by atoms with Gasteiger partial charge in [0.1, 0.15) is 0 Å². The smallest absolute Gasteiger partial charge is 0.491 e. The van der Waals surface area contributed by atoms with Crippen LogP contribution in [0.5, 0.6) is 5.75 Å². The van der Waals surface area contributed by atoms with Crippen LogP contribution in [0.25, 0.3) is 0 Å². The number of halogens is 4. The number of benzene rings is 1. The summed E-state index contributed by atoms with van der Waals surface area (Å²) in [6.45, 7) is -1.47. The Morgan fingerprint density at radius 2 is 1.80 bits per heavy atom. The van der Waals surface area contributed by atoms with Gasteiger partial charge in [0.05, 0.1) is 12.2 Å². The minimum Gasteiger partial charge on any atom is -0.491 e. The monoisotopic (exact) mass is 318 g/mol. The van der Waals surface area contributed by atoms with Gasteiger partial charge < -0.3 is 22.4 Å². The zero-order valence-corrected chi connectivity index (χ0v) is 15.2. The third kappa shape index (κ3) is 6.45. The largest absolute Gasteiger partial charge is 1.00 e. The van der Waals surface area contributed by atoms with Crippen molar-refractivity contribution < 1.29 is 78.2 Å². The molecule has 0 aliphatic heterocycles. The van der Waals surface area contributed by atoms with Crippen LogP contribution in [-0.2, 0) is 4.74 Å². The Balaban J connectivity index is 0.00000361. The van der Waals surface area contributed by atoms with Gasteiger partial charge in [-0.15, -0.1) is 5.46 Å². The summed E-state index contributed by atoms with van der Waals surface area (Å²) in [6.07, 6.45) is 0.435. The molecule has 0 aromatic heterocycles. The molecule has 8 heteroatoms. The second-order valence-electron chi connectivity index (χ2n) is 4.83. The number of hydrogen-bond acceptors (Lipinski definition) is 2. The van der Waals surface area contributed by atoms with Crippen LogP contribution in [0, 0.1) is 5.82 Å². The third-order valence-corrected chi connectivity index (χ3v) is 2.85. The molecule has 0 N–H and O–H groups in total. The normalized spacial score (nSPS) is 11.9. The van der Waals surface area contributed by atoms with E-state index in [2.05, 4.69) is 0 Å². The molecule has 1 aromatic rings. The molecule has 20 heavy (non-hydrogen) atoms. The van der Waals surface area contributed by atoms with Crippen LogP contribution in [0.15, 0.2) is 18.2 Å². The molecule has 0 bridgehead atoms.